The average molecular weight is 263 g/mol. The fourth-order valence-corrected chi connectivity index (χ4v) is 2.33. The van der Waals surface area contributed by atoms with Crippen LogP contribution in [0.4, 0.5) is 0 Å². The third-order valence-electron chi connectivity index (χ3n) is 3.12. The summed E-state index contributed by atoms with van der Waals surface area (Å²) in [7, 11) is -3.30. The smallest absolute Gasteiger partial charge is 0.240 e. The Balaban J connectivity index is 2.52. The molecular formula is C10H21N3O3S. The van der Waals surface area contributed by atoms with Crippen molar-refractivity contribution in [2.24, 2.45) is 5.73 Å². The van der Waals surface area contributed by atoms with Gasteiger partial charge in [-0.25, -0.2) is 8.42 Å². The number of carbonyl (C=O) groups is 1. The molecule has 6 nitrogen and oxygen atoms in total. The molecule has 2 N–H and O–H groups in total. The quantitative estimate of drug-likeness (QED) is 0.669. The number of carbonyl (C=O) groups excluding carboxylic acids is 1. The maximum Gasteiger partial charge on any atom is 0.240 e. The Morgan fingerprint density at radius 1 is 1.29 bits per heavy atom. The molecule has 0 aromatic carbocycles. The maximum absolute atomic E-state index is 11.9. The fourth-order valence-electron chi connectivity index (χ4n) is 1.81. The summed E-state index contributed by atoms with van der Waals surface area (Å²) in [5.41, 5.74) is 5.46. The number of hydrogen-bond acceptors (Lipinski definition) is 5. The molecule has 1 fully saturated rings. The van der Waals surface area contributed by atoms with Gasteiger partial charge >= 0.3 is 0 Å². The lowest BCUT2D eigenvalue weighted by Crippen LogP contribution is -2.52. The van der Waals surface area contributed by atoms with Crippen LogP contribution in [0.25, 0.3) is 0 Å². The van der Waals surface area contributed by atoms with Gasteiger partial charge in [0.1, 0.15) is 5.25 Å². The number of nitrogens with two attached hydrogens (primary N) is 1. The van der Waals surface area contributed by atoms with Crippen molar-refractivity contribution in [1.29, 1.82) is 0 Å². The van der Waals surface area contributed by atoms with Gasteiger partial charge in [-0.1, -0.05) is 0 Å². The van der Waals surface area contributed by atoms with Crippen LogP contribution in [0.5, 0.6) is 0 Å². The molecule has 0 aromatic rings. The molecule has 1 heterocycles. The summed E-state index contributed by atoms with van der Waals surface area (Å²) in [5.74, 6) is -0.292. The topological polar surface area (TPSA) is 83.7 Å². The highest BCUT2D eigenvalue weighted by Gasteiger charge is 2.30. The number of nitrogens with zero attached hydrogens (tertiary/aromatic N) is 2. The normalized spacial score (nSPS) is 20.3. The maximum atomic E-state index is 11.9. The molecule has 1 rings (SSSR count). The van der Waals surface area contributed by atoms with Gasteiger partial charge in [-0.2, -0.15) is 0 Å². The van der Waals surface area contributed by atoms with Gasteiger partial charge in [0.05, 0.1) is 0 Å². The van der Waals surface area contributed by atoms with Crippen molar-refractivity contribution in [3.63, 3.8) is 0 Å². The second-order valence-corrected chi connectivity index (χ2v) is 6.79. The van der Waals surface area contributed by atoms with Crippen LogP contribution in [0.1, 0.15) is 6.92 Å². The van der Waals surface area contributed by atoms with Crippen molar-refractivity contribution in [3.05, 3.63) is 0 Å². The van der Waals surface area contributed by atoms with Crippen molar-refractivity contribution in [1.82, 2.24) is 9.80 Å². The second-order valence-electron chi connectivity index (χ2n) is 4.43. The first kappa shape index (κ1) is 14.4. The molecule has 0 saturated carbocycles. The zero-order chi connectivity index (χ0) is 13.1. The molecule has 1 aliphatic rings. The Bertz CT molecular complexity index is 361. The summed E-state index contributed by atoms with van der Waals surface area (Å²) in [5, 5.41) is -0.941. The minimum Gasteiger partial charge on any atom is -0.339 e. The molecule has 1 atom stereocenters. The molecule has 1 aliphatic heterocycles. The molecule has 7 heteroatoms. The van der Waals surface area contributed by atoms with Crippen molar-refractivity contribution in [2.75, 3.05) is 45.5 Å². The van der Waals surface area contributed by atoms with Crippen LogP contribution in [0, 0.1) is 0 Å². The molecule has 100 valence electrons. The van der Waals surface area contributed by atoms with E-state index in [0.29, 0.717) is 19.6 Å². The lowest BCUT2D eigenvalue weighted by Gasteiger charge is -2.35. The third kappa shape index (κ3) is 3.93. The predicted octanol–water partition coefficient (Wildman–Crippen LogP) is -1.48. The number of amides is 1. The largest absolute Gasteiger partial charge is 0.339 e. The van der Waals surface area contributed by atoms with E-state index in [1.165, 1.54) is 6.92 Å². The molecule has 0 aromatic heterocycles. The van der Waals surface area contributed by atoms with Crippen LogP contribution >= 0.6 is 0 Å². The zero-order valence-electron chi connectivity index (χ0n) is 10.4. The summed E-state index contributed by atoms with van der Waals surface area (Å²) < 4.78 is 22.6. The van der Waals surface area contributed by atoms with Gasteiger partial charge in [-0.3, -0.25) is 9.69 Å². The van der Waals surface area contributed by atoms with E-state index in [1.807, 2.05) is 0 Å². The highest BCUT2D eigenvalue weighted by Crippen LogP contribution is 2.08. The molecule has 0 spiro atoms. The Hall–Kier alpha value is -0.660. The van der Waals surface area contributed by atoms with E-state index in [-0.39, 0.29) is 5.91 Å². The number of sulfone groups is 1. The molecular weight excluding hydrogens is 242 g/mol. The Morgan fingerprint density at radius 3 is 2.24 bits per heavy atom. The molecule has 1 unspecified atom stereocenters. The average Bonchev–Trinajstić information content (AvgIpc) is 2.27. The SMILES string of the molecule is CC(C(=O)N1CCN(CCN)CC1)S(C)(=O)=O. The van der Waals surface area contributed by atoms with Crippen LogP contribution in [-0.2, 0) is 14.6 Å². The number of hydrogen-bond donors (Lipinski definition) is 1. The van der Waals surface area contributed by atoms with Gasteiger partial charge < -0.3 is 10.6 Å². The molecule has 1 saturated heterocycles. The molecule has 0 bridgehead atoms. The monoisotopic (exact) mass is 263 g/mol. The molecule has 0 radical (unpaired) electrons. The van der Waals surface area contributed by atoms with E-state index in [0.717, 1.165) is 25.9 Å². The lowest BCUT2D eigenvalue weighted by molar-refractivity contribution is -0.132. The van der Waals surface area contributed by atoms with Crippen molar-refractivity contribution in [2.45, 2.75) is 12.2 Å². The van der Waals surface area contributed by atoms with E-state index in [1.54, 1.807) is 4.90 Å². The van der Waals surface area contributed by atoms with Gasteiger partial charge in [0.25, 0.3) is 0 Å². The minimum absolute atomic E-state index is 0.292. The van der Waals surface area contributed by atoms with E-state index < -0.39 is 15.1 Å². The van der Waals surface area contributed by atoms with E-state index >= 15 is 0 Å². The van der Waals surface area contributed by atoms with Crippen LogP contribution in [0.3, 0.4) is 0 Å². The zero-order valence-corrected chi connectivity index (χ0v) is 11.2. The van der Waals surface area contributed by atoms with Crippen LogP contribution < -0.4 is 5.73 Å². The van der Waals surface area contributed by atoms with Crippen molar-refractivity contribution in [3.8, 4) is 0 Å². The number of piperazine rings is 1. The highest BCUT2D eigenvalue weighted by molar-refractivity contribution is 7.92. The first-order chi connectivity index (χ1) is 7.86. The summed E-state index contributed by atoms with van der Waals surface area (Å²) in [4.78, 5) is 15.7. The van der Waals surface area contributed by atoms with Crippen LogP contribution in [0.2, 0.25) is 0 Å². The summed E-state index contributed by atoms with van der Waals surface area (Å²) in [6, 6.07) is 0. The fraction of sp³-hybridized carbons (Fsp3) is 0.900. The van der Waals surface area contributed by atoms with E-state index in [9.17, 15) is 13.2 Å². The number of rotatable bonds is 4. The first-order valence-electron chi connectivity index (χ1n) is 5.76. The van der Waals surface area contributed by atoms with E-state index in [4.69, 9.17) is 5.73 Å². The highest BCUT2D eigenvalue weighted by atomic mass is 32.2. The van der Waals surface area contributed by atoms with Gasteiger partial charge in [-0.05, 0) is 6.92 Å². The van der Waals surface area contributed by atoms with Crippen LogP contribution in [-0.4, -0.2) is 74.9 Å². The van der Waals surface area contributed by atoms with Gasteiger partial charge in [0.2, 0.25) is 5.91 Å². The van der Waals surface area contributed by atoms with E-state index in [2.05, 4.69) is 4.90 Å². The predicted molar refractivity (Wildman–Crippen MR) is 66.4 cm³/mol. The summed E-state index contributed by atoms with van der Waals surface area (Å²) in [6.45, 7) is 5.57. The summed E-state index contributed by atoms with van der Waals surface area (Å²) >= 11 is 0. The third-order valence-corrected chi connectivity index (χ3v) is 4.61. The first-order valence-corrected chi connectivity index (χ1v) is 7.71. The Kier molecular flexibility index (Phi) is 4.91. The molecule has 17 heavy (non-hydrogen) atoms. The second kappa shape index (κ2) is 5.79. The summed E-state index contributed by atoms with van der Waals surface area (Å²) in [6.07, 6.45) is 1.10. The Morgan fingerprint density at radius 2 is 1.82 bits per heavy atom. The van der Waals surface area contributed by atoms with Crippen molar-refractivity contribution < 1.29 is 13.2 Å². The van der Waals surface area contributed by atoms with Gasteiger partial charge in [-0.15, -0.1) is 0 Å². The Labute approximate surface area is 103 Å². The van der Waals surface area contributed by atoms with Gasteiger partial charge in [0.15, 0.2) is 9.84 Å². The minimum atomic E-state index is -3.30. The van der Waals surface area contributed by atoms with Gasteiger partial charge in [0, 0.05) is 45.5 Å². The molecule has 1 amide bonds. The van der Waals surface area contributed by atoms with Crippen LogP contribution in [0.15, 0.2) is 0 Å². The standard InChI is InChI=1S/C10H21N3O3S/c1-9(17(2,15)16)10(14)13-7-5-12(4-3-11)6-8-13/h9H,3-8,11H2,1-2H3. The molecule has 0 aliphatic carbocycles. The van der Waals surface area contributed by atoms with Crippen molar-refractivity contribution >= 4 is 15.7 Å². The lowest BCUT2D eigenvalue weighted by atomic mass is 10.3.